The maximum absolute atomic E-state index is 3.57. The van der Waals surface area contributed by atoms with Crippen LogP contribution in [0.4, 0.5) is 0 Å². The molecule has 16 heavy (non-hydrogen) atoms. The van der Waals surface area contributed by atoms with E-state index in [-0.39, 0.29) is 0 Å². The average Bonchev–Trinajstić information content (AvgIpc) is 2.75. The monoisotopic (exact) mass is 302 g/mol. The van der Waals surface area contributed by atoms with Gasteiger partial charge in [-0.2, -0.15) is 0 Å². The van der Waals surface area contributed by atoms with Crippen LogP contribution < -0.4 is 5.32 Å². The SMILES string of the molecule is Cc1sc(CNCC2CCN(C)C2)cc1Br. The first-order chi connectivity index (χ1) is 7.65. The molecule has 2 nitrogen and oxygen atoms in total. The molecule has 1 N–H and O–H groups in total. The van der Waals surface area contributed by atoms with Crippen LogP contribution in [0.15, 0.2) is 10.5 Å². The van der Waals surface area contributed by atoms with Gasteiger partial charge in [-0.15, -0.1) is 11.3 Å². The number of aryl methyl sites for hydroxylation is 1. The van der Waals surface area contributed by atoms with Gasteiger partial charge in [-0.3, -0.25) is 0 Å². The Labute approximate surface area is 110 Å². The highest BCUT2D eigenvalue weighted by atomic mass is 79.9. The molecule has 0 saturated carbocycles. The Morgan fingerprint density at radius 1 is 1.62 bits per heavy atom. The van der Waals surface area contributed by atoms with Crippen LogP contribution in [0.1, 0.15) is 16.2 Å². The summed E-state index contributed by atoms with van der Waals surface area (Å²) in [7, 11) is 2.21. The fourth-order valence-electron chi connectivity index (χ4n) is 2.20. The molecular weight excluding hydrogens is 284 g/mol. The Bertz CT molecular complexity index is 331. The van der Waals surface area contributed by atoms with E-state index in [2.05, 4.69) is 46.2 Å². The quantitative estimate of drug-likeness (QED) is 0.920. The molecule has 0 amide bonds. The van der Waals surface area contributed by atoms with E-state index in [9.17, 15) is 0 Å². The van der Waals surface area contributed by atoms with Crippen LogP contribution in [-0.2, 0) is 6.54 Å². The molecule has 0 aliphatic carbocycles. The minimum absolute atomic E-state index is 0.842. The highest BCUT2D eigenvalue weighted by Crippen LogP contribution is 2.26. The molecule has 1 saturated heterocycles. The molecule has 0 radical (unpaired) electrons. The minimum Gasteiger partial charge on any atom is -0.312 e. The van der Waals surface area contributed by atoms with Crippen molar-refractivity contribution in [2.24, 2.45) is 5.92 Å². The molecule has 1 unspecified atom stereocenters. The van der Waals surface area contributed by atoms with Crippen molar-refractivity contribution in [3.8, 4) is 0 Å². The number of rotatable bonds is 4. The number of nitrogens with one attached hydrogen (secondary N) is 1. The number of hydrogen-bond donors (Lipinski definition) is 1. The standard InChI is InChI=1S/C12H19BrN2S/c1-9-12(13)5-11(16-9)7-14-6-10-3-4-15(2)8-10/h5,10,14H,3-4,6-8H2,1-2H3. The van der Waals surface area contributed by atoms with Gasteiger partial charge in [0.05, 0.1) is 0 Å². The van der Waals surface area contributed by atoms with E-state index in [1.54, 1.807) is 0 Å². The molecule has 1 fully saturated rings. The Balaban J connectivity index is 1.72. The molecule has 1 aromatic rings. The van der Waals surface area contributed by atoms with E-state index in [4.69, 9.17) is 0 Å². The van der Waals surface area contributed by atoms with E-state index < -0.39 is 0 Å². The van der Waals surface area contributed by atoms with Gasteiger partial charge >= 0.3 is 0 Å². The number of halogens is 1. The summed E-state index contributed by atoms with van der Waals surface area (Å²) < 4.78 is 1.25. The zero-order valence-corrected chi connectivity index (χ0v) is 12.3. The second-order valence-electron chi connectivity index (χ2n) is 4.66. The van der Waals surface area contributed by atoms with Crippen molar-refractivity contribution in [2.45, 2.75) is 19.9 Å². The van der Waals surface area contributed by atoms with Crippen molar-refractivity contribution in [2.75, 3.05) is 26.7 Å². The van der Waals surface area contributed by atoms with E-state index in [1.807, 2.05) is 11.3 Å². The van der Waals surface area contributed by atoms with Gasteiger partial charge in [0.15, 0.2) is 0 Å². The first kappa shape index (κ1) is 12.6. The first-order valence-electron chi connectivity index (χ1n) is 5.79. The van der Waals surface area contributed by atoms with Gasteiger partial charge in [0, 0.05) is 27.3 Å². The summed E-state index contributed by atoms with van der Waals surface area (Å²) in [6, 6.07) is 2.23. The third kappa shape index (κ3) is 3.29. The lowest BCUT2D eigenvalue weighted by Gasteiger charge is -2.10. The predicted octanol–water partition coefficient (Wildman–Crippen LogP) is 2.86. The van der Waals surface area contributed by atoms with Gasteiger partial charge in [0.2, 0.25) is 0 Å². The third-order valence-corrected chi connectivity index (χ3v) is 5.27. The molecule has 90 valence electrons. The first-order valence-corrected chi connectivity index (χ1v) is 7.40. The highest BCUT2D eigenvalue weighted by molar-refractivity contribution is 9.10. The van der Waals surface area contributed by atoms with Crippen molar-refractivity contribution in [3.05, 3.63) is 20.3 Å². The van der Waals surface area contributed by atoms with E-state index >= 15 is 0 Å². The lowest BCUT2D eigenvalue weighted by molar-refractivity contribution is 0.388. The number of hydrogen-bond acceptors (Lipinski definition) is 3. The fraction of sp³-hybridized carbons (Fsp3) is 0.667. The number of thiophene rings is 1. The number of nitrogens with zero attached hydrogens (tertiary/aromatic N) is 1. The largest absolute Gasteiger partial charge is 0.312 e. The second-order valence-corrected chi connectivity index (χ2v) is 6.86. The van der Waals surface area contributed by atoms with E-state index in [1.165, 1.54) is 33.7 Å². The molecule has 4 heteroatoms. The normalized spacial score (nSPS) is 21.8. The molecular formula is C12H19BrN2S. The van der Waals surface area contributed by atoms with Gasteiger partial charge in [0.1, 0.15) is 0 Å². The Morgan fingerprint density at radius 3 is 3.00 bits per heavy atom. The maximum atomic E-state index is 3.57. The van der Waals surface area contributed by atoms with Gasteiger partial charge in [-0.05, 0) is 61.4 Å². The Hall–Kier alpha value is 0.100. The van der Waals surface area contributed by atoms with E-state index in [0.29, 0.717) is 0 Å². The molecule has 2 heterocycles. The van der Waals surface area contributed by atoms with Crippen LogP contribution >= 0.6 is 27.3 Å². The molecule has 0 spiro atoms. The van der Waals surface area contributed by atoms with Gasteiger partial charge in [-0.25, -0.2) is 0 Å². The zero-order chi connectivity index (χ0) is 11.5. The van der Waals surface area contributed by atoms with Gasteiger partial charge in [0.25, 0.3) is 0 Å². The summed E-state index contributed by atoms with van der Waals surface area (Å²) in [5, 5.41) is 3.57. The predicted molar refractivity (Wildman–Crippen MR) is 74.1 cm³/mol. The van der Waals surface area contributed by atoms with Crippen LogP contribution in [0.2, 0.25) is 0 Å². The van der Waals surface area contributed by atoms with Crippen LogP contribution in [0, 0.1) is 12.8 Å². The van der Waals surface area contributed by atoms with E-state index in [0.717, 1.165) is 19.0 Å². The van der Waals surface area contributed by atoms with Crippen molar-refractivity contribution in [1.29, 1.82) is 0 Å². The van der Waals surface area contributed by atoms with Gasteiger partial charge < -0.3 is 10.2 Å². The van der Waals surface area contributed by atoms with Crippen molar-refractivity contribution in [3.63, 3.8) is 0 Å². The average molecular weight is 303 g/mol. The molecule has 0 bridgehead atoms. The van der Waals surface area contributed by atoms with Crippen LogP contribution in [0.5, 0.6) is 0 Å². The minimum atomic E-state index is 0.842. The summed E-state index contributed by atoms with van der Waals surface area (Å²) in [6.07, 6.45) is 1.34. The third-order valence-electron chi connectivity index (χ3n) is 3.13. The maximum Gasteiger partial charge on any atom is 0.0314 e. The molecule has 1 aromatic heterocycles. The molecule has 1 atom stereocenters. The number of likely N-dealkylation sites (tertiary alicyclic amines) is 1. The topological polar surface area (TPSA) is 15.3 Å². The van der Waals surface area contributed by atoms with Crippen molar-refractivity contribution >= 4 is 27.3 Å². The second kappa shape index (κ2) is 5.63. The van der Waals surface area contributed by atoms with Crippen LogP contribution in [-0.4, -0.2) is 31.6 Å². The van der Waals surface area contributed by atoms with Crippen LogP contribution in [0.25, 0.3) is 0 Å². The molecule has 2 rings (SSSR count). The highest BCUT2D eigenvalue weighted by Gasteiger charge is 2.18. The lowest BCUT2D eigenvalue weighted by atomic mass is 10.1. The zero-order valence-electron chi connectivity index (χ0n) is 9.92. The Morgan fingerprint density at radius 2 is 2.44 bits per heavy atom. The molecule has 0 aromatic carbocycles. The summed E-state index contributed by atoms with van der Waals surface area (Å²) in [4.78, 5) is 5.21. The van der Waals surface area contributed by atoms with Crippen molar-refractivity contribution < 1.29 is 0 Å². The summed E-state index contributed by atoms with van der Waals surface area (Å²) in [5.74, 6) is 0.842. The fourth-order valence-corrected chi connectivity index (χ4v) is 3.77. The van der Waals surface area contributed by atoms with Gasteiger partial charge in [-0.1, -0.05) is 0 Å². The molecule has 1 aliphatic rings. The summed E-state index contributed by atoms with van der Waals surface area (Å²) >= 11 is 5.44. The van der Waals surface area contributed by atoms with Crippen molar-refractivity contribution in [1.82, 2.24) is 10.2 Å². The lowest BCUT2D eigenvalue weighted by Crippen LogP contribution is -2.24. The summed E-state index contributed by atoms with van der Waals surface area (Å²) in [5.41, 5.74) is 0. The molecule has 1 aliphatic heterocycles. The smallest absolute Gasteiger partial charge is 0.0314 e. The Kier molecular flexibility index (Phi) is 4.41. The summed E-state index contributed by atoms with van der Waals surface area (Å²) in [6.45, 7) is 6.83. The van der Waals surface area contributed by atoms with Crippen LogP contribution in [0.3, 0.4) is 0 Å².